The molecule has 0 spiro atoms. The summed E-state index contributed by atoms with van der Waals surface area (Å²) in [5, 5.41) is 2.23. The van der Waals surface area contributed by atoms with E-state index < -0.39 is 5.91 Å². The topological polar surface area (TPSA) is 49.4 Å². The summed E-state index contributed by atoms with van der Waals surface area (Å²) in [4.78, 5) is 24.0. The van der Waals surface area contributed by atoms with Gasteiger partial charge in [0.1, 0.15) is 5.88 Å². The van der Waals surface area contributed by atoms with Crippen LogP contribution in [0, 0.1) is 0 Å². The Kier molecular flexibility index (Phi) is 5.11. The number of alkyl halides is 1. The number of thioether (sulfide) groups is 1. The van der Waals surface area contributed by atoms with Crippen molar-refractivity contribution in [2.75, 3.05) is 30.5 Å². The number of hydrogen-bond acceptors (Lipinski definition) is 3. The molecule has 1 heterocycles. The SMILES string of the molecule is O=C(CCl)NC(=O)N1CCCSCC1. The zero-order valence-corrected chi connectivity index (χ0v) is 9.36. The Morgan fingerprint density at radius 1 is 1.36 bits per heavy atom. The molecule has 0 bridgehead atoms. The zero-order valence-electron chi connectivity index (χ0n) is 7.79. The number of nitrogens with one attached hydrogen (secondary N) is 1. The van der Waals surface area contributed by atoms with Gasteiger partial charge >= 0.3 is 6.03 Å². The highest BCUT2D eigenvalue weighted by atomic mass is 35.5. The third-order valence-corrected chi connectivity index (χ3v) is 3.17. The molecule has 1 rings (SSSR count). The second-order valence-electron chi connectivity index (χ2n) is 2.94. The van der Waals surface area contributed by atoms with Crippen LogP contribution in [0.4, 0.5) is 4.79 Å². The summed E-state index contributed by atoms with van der Waals surface area (Å²) in [7, 11) is 0. The number of rotatable bonds is 1. The molecule has 4 nitrogen and oxygen atoms in total. The van der Waals surface area contributed by atoms with Crippen molar-refractivity contribution in [3.05, 3.63) is 0 Å². The third-order valence-electron chi connectivity index (χ3n) is 1.88. The van der Waals surface area contributed by atoms with E-state index in [-0.39, 0.29) is 11.9 Å². The highest BCUT2D eigenvalue weighted by molar-refractivity contribution is 7.99. The molecule has 6 heteroatoms. The molecule has 0 unspecified atom stereocenters. The summed E-state index contributed by atoms with van der Waals surface area (Å²) >= 11 is 7.11. The lowest BCUT2D eigenvalue weighted by molar-refractivity contribution is -0.117. The van der Waals surface area contributed by atoms with Crippen LogP contribution < -0.4 is 5.32 Å². The van der Waals surface area contributed by atoms with Crippen LogP contribution >= 0.6 is 23.4 Å². The highest BCUT2D eigenvalue weighted by Gasteiger charge is 2.16. The van der Waals surface area contributed by atoms with E-state index >= 15 is 0 Å². The Balaban J connectivity index is 2.38. The molecule has 14 heavy (non-hydrogen) atoms. The van der Waals surface area contributed by atoms with Crippen LogP contribution in [0.25, 0.3) is 0 Å². The molecule has 0 saturated carbocycles. The van der Waals surface area contributed by atoms with Crippen molar-refractivity contribution in [1.29, 1.82) is 0 Å². The summed E-state index contributed by atoms with van der Waals surface area (Å²) < 4.78 is 0. The average molecular weight is 237 g/mol. The molecule has 0 aromatic heterocycles. The second kappa shape index (κ2) is 6.14. The molecule has 80 valence electrons. The Morgan fingerprint density at radius 2 is 2.14 bits per heavy atom. The number of urea groups is 1. The standard InChI is InChI=1S/C8H13ClN2O2S/c9-6-7(12)10-8(13)11-2-1-4-14-5-3-11/h1-6H2,(H,10,12,13). The maximum absolute atomic E-state index is 11.4. The third kappa shape index (κ3) is 3.75. The van der Waals surface area contributed by atoms with Crippen molar-refractivity contribution in [1.82, 2.24) is 10.2 Å². The van der Waals surface area contributed by atoms with Gasteiger partial charge in [-0.25, -0.2) is 4.79 Å². The van der Waals surface area contributed by atoms with Gasteiger partial charge in [0, 0.05) is 18.8 Å². The number of hydrogen-bond donors (Lipinski definition) is 1. The fourth-order valence-corrected chi connectivity index (χ4v) is 2.13. The van der Waals surface area contributed by atoms with E-state index in [1.807, 2.05) is 11.8 Å². The van der Waals surface area contributed by atoms with Gasteiger partial charge in [0.25, 0.3) is 0 Å². The van der Waals surface area contributed by atoms with E-state index in [2.05, 4.69) is 5.32 Å². The fraction of sp³-hybridized carbons (Fsp3) is 0.750. The predicted molar refractivity (Wildman–Crippen MR) is 57.8 cm³/mol. The molecule has 1 aliphatic rings. The molecule has 1 aliphatic heterocycles. The smallest absolute Gasteiger partial charge is 0.324 e. The van der Waals surface area contributed by atoms with Gasteiger partial charge < -0.3 is 4.90 Å². The van der Waals surface area contributed by atoms with Crippen LogP contribution in [0.1, 0.15) is 6.42 Å². The first-order chi connectivity index (χ1) is 6.74. The minimum atomic E-state index is -0.437. The Bertz CT molecular complexity index is 217. The number of imide groups is 1. The molecular formula is C8H13ClN2O2S. The largest absolute Gasteiger partial charge is 0.324 e. The fourth-order valence-electron chi connectivity index (χ4n) is 1.18. The summed E-state index contributed by atoms with van der Waals surface area (Å²) in [5.41, 5.74) is 0. The van der Waals surface area contributed by atoms with Crippen molar-refractivity contribution in [2.45, 2.75) is 6.42 Å². The van der Waals surface area contributed by atoms with Crippen molar-refractivity contribution in [3.8, 4) is 0 Å². The average Bonchev–Trinajstić information content (AvgIpc) is 2.45. The molecule has 3 amide bonds. The number of halogens is 1. The molecule has 0 aromatic rings. The van der Waals surface area contributed by atoms with Crippen LogP contribution in [0.5, 0.6) is 0 Å². The lowest BCUT2D eigenvalue weighted by Crippen LogP contribution is -2.44. The van der Waals surface area contributed by atoms with Crippen molar-refractivity contribution in [3.63, 3.8) is 0 Å². The lowest BCUT2D eigenvalue weighted by Gasteiger charge is -2.19. The summed E-state index contributed by atoms with van der Waals surface area (Å²) in [6, 6.07) is -0.321. The zero-order chi connectivity index (χ0) is 10.4. The van der Waals surface area contributed by atoms with E-state index in [1.54, 1.807) is 4.90 Å². The van der Waals surface area contributed by atoms with Crippen LogP contribution in [0.2, 0.25) is 0 Å². The number of nitrogens with zero attached hydrogens (tertiary/aromatic N) is 1. The molecule has 0 aliphatic carbocycles. The first-order valence-corrected chi connectivity index (χ1v) is 6.15. The van der Waals surface area contributed by atoms with Gasteiger partial charge in [-0.05, 0) is 12.2 Å². The Labute approximate surface area is 92.3 Å². The van der Waals surface area contributed by atoms with E-state index in [4.69, 9.17) is 11.6 Å². The van der Waals surface area contributed by atoms with E-state index in [0.717, 1.165) is 17.9 Å². The number of amides is 3. The highest BCUT2D eigenvalue weighted by Crippen LogP contribution is 2.09. The van der Waals surface area contributed by atoms with E-state index in [1.165, 1.54) is 0 Å². The van der Waals surface area contributed by atoms with Crippen molar-refractivity contribution >= 4 is 35.3 Å². The van der Waals surface area contributed by atoms with Crippen LogP contribution in [-0.4, -0.2) is 47.3 Å². The monoisotopic (exact) mass is 236 g/mol. The van der Waals surface area contributed by atoms with Crippen LogP contribution in [0.3, 0.4) is 0 Å². The Morgan fingerprint density at radius 3 is 2.86 bits per heavy atom. The minimum Gasteiger partial charge on any atom is -0.324 e. The lowest BCUT2D eigenvalue weighted by atomic mass is 10.4. The summed E-state index contributed by atoms with van der Waals surface area (Å²) in [6.45, 7) is 1.42. The summed E-state index contributed by atoms with van der Waals surface area (Å²) in [5.74, 6) is 1.40. The molecule has 0 radical (unpaired) electrons. The summed E-state index contributed by atoms with van der Waals surface area (Å²) in [6.07, 6.45) is 0.979. The molecule has 1 N–H and O–H groups in total. The Hall–Kier alpha value is -0.420. The van der Waals surface area contributed by atoms with Gasteiger partial charge in [-0.2, -0.15) is 11.8 Å². The number of carbonyl (C=O) groups excluding carboxylic acids is 2. The molecular weight excluding hydrogens is 224 g/mol. The quantitative estimate of drug-likeness (QED) is 0.689. The normalized spacial score (nSPS) is 17.4. The molecule has 1 saturated heterocycles. The van der Waals surface area contributed by atoms with Gasteiger partial charge in [-0.1, -0.05) is 0 Å². The van der Waals surface area contributed by atoms with Crippen LogP contribution in [0.15, 0.2) is 0 Å². The van der Waals surface area contributed by atoms with E-state index in [0.29, 0.717) is 13.1 Å². The molecule has 0 aromatic carbocycles. The van der Waals surface area contributed by atoms with Crippen molar-refractivity contribution in [2.24, 2.45) is 0 Å². The number of carbonyl (C=O) groups is 2. The van der Waals surface area contributed by atoms with Gasteiger partial charge in [-0.3, -0.25) is 10.1 Å². The first-order valence-electron chi connectivity index (χ1n) is 4.46. The maximum atomic E-state index is 11.4. The van der Waals surface area contributed by atoms with Gasteiger partial charge in [-0.15, -0.1) is 11.6 Å². The van der Waals surface area contributed by atoms with Gasteiger partial charge in [0.05, 0.1) is 0 Å². The van der Waals surface area contributed by atoms with Crippen molar-refractivity contribution < 1.29 is 9.59 Å². The second-order valence-corrected chi connectivity index (χ2v) is 4.43. The first kappa shape index (κ1) is 11.7. The predicted octanol–water partition coefficient (Wildman–Crippen LogP) is 0.900. The van der Waals surface area contributed by atoms with Crippen LogP contribution in [-0.2, 0) is 4.79 Å². The molecule has 1 fully saturated rings. The minimum absolute atomic E-state index is 0.172. The van der Waals surface area contributed by atoms with E-state index in [9.17, 15) is 9.59 Å². The maximum Gasteiger partial charge on any atom is 0.324 e. The van der Waals surface area contributed by atoms with Gasteiger partial charge in [0.2, 0.25) is 5.91 Å². The van der Waals surface area contributed by atoms with Gasteiger partial charge in [0.15, 0.2) is 0 Å². The molecule has 0 atom stereocenters.